The molecule has 0 atom stereocenters. The van der Waals surface area contributed by atoms with Crippen molar-refractivity contribution in [3.8, 4) is 11.5 Å². The van der Waals surface area contributed by atoms with Gasteiger partial charge in [0.15, 0.2) is 0 Å². The van der Waals surface area contributed by atoms with E-state index in [2.05, 4.69) is 22.2 Å². The van der Waals surface area contributed by atoms with E-state index in [0.717, 1.165) is 0 Å². The second-order valence-electron chi connectivity index (χ2n) is 2.72. The van der Waals surface area contributed by atoms with Gasteiger partial charge in [-0.25, -0.2) is 5.90 Å². The average molecular weight is 182 g/mol. The van der Waals surface area contributed by atoms with Crippen LogP contribution in [-0.2, 0) is 4.84 Å². The highest BCUT2D eigenvalue weighted by molar-refractivity contribution is 6.83. The van der Waals surface area contributed by atoms with E-state index >= 15 is 0 Å². The van der Waals surface area contributed by atoms with E-state index in [1.54, 1.807) is 0 Å². The lowest BCUT2D eigenvalue weighted by atomic mass is 10.8. The van der Waals surface area contributed by atoms with Gasteiger partial charge < -0.3 is 0 Å². The summed E-state index contributed by atoms with van der Waals surface area (Å²) >= 11 is 0. The Morgan fingerprint density at radius 3 is 2.40 bits per heavy atom. The molecule has 0 aliphatic heterocycles. The lowest BCUT2D eigenvalue weighted by Crippen LogP contribution is -2.16. The zero-order chi connectivity index (χ0) is 9.12. The molecule has 0 aromatic heterocycles. The first-order chi connectivity index (χ1) is 4.77. The molecule has 0 aliphatic rings. The summed E-state index contributed by atoms with van der Waals surface area (Å²) in [7, 11) is -1.52. The summed E-state index contributed by atoms with van der Waals surface area (Å²) in [6.07, 6.45) is 0. The minimum absolute atomic E-state index is 0. The van der Waals surface area contributed by atoms with Crippen LogP contribution in [-0.4, -0.2) is 14.6 Å². The van der Waals surface area contributed by atoms with Crippen molar-refractivity contribution in [2.24, 2.45) is 5.90 Å². The van der Waals surface area contributed by atoms with Crippen molar-refractivity contribution >= 4 is 20.5 Å². The molecule has 2 nitrogen and oxygen atoms in total. The third-order valence-electron chi connectivity index (χ3n) is 0.547. The molecule has 0 bridgehead atoms. The standard InChI is InChI=1S/C6H13NOSi.ClH/c1-9(2,3)6-4-5-8-7;/h5,7H2,1-3H3;1H/i5D2;. The Bertz CT molecular complexity index is 194. The van der Waals surface area contributed by atoms with Crippen molar-refractivity contribution in [2.45, 2.75) is 19.6 Å². The molecule has 0 spiro atoms. The Labute approximate surface area is 72.3 Å². The van der Waals surface area contributed by atoms with Gasteiger partial charge in [0, 0.05) is 0 Å². The molecule has 60 valence electrons. The molecule has 0 unspecified atom stereocenters. The molecule has 0 heterocycles. The van der Waals surface area contributed by atoms with Gasteiger partial charge >= 0.3 is 0 Å². The molecule has 0 fully saturated rings. The van der Waals surface area contributed by atoms with Crippen molar-refractivity contribution < 1.29 is 7.58 Å². The highest BCUT2D eigenvalue weighted by atomic mass is 35.5. The third-order valence-corrected chi connectivity index (χ3v) is 1.42. The van der Waals surface area contributed by atoms with Crippen molar-refractivity contribution in [1.82, 2.24) is 0 Å². The van der Waals surface area contributed by atoms with Crippen LogP contribution in [0.1, 0.15) is 2.74 Å². The number of hydrogen-bond acceptors (Lipinski definition) is 2. The quantitative estimate of drug-likeness (QED) is 0.375. The summed E-state index contributed by atoms with van der Waals surface area (Å²) in [5, 5.41) is 0. The first-order valence-electron chi connectivity index (χ1n) is 3.69. The van der Waals surface area contributed by atoms with Crippen molar-refractivity contribution in [3.05, 3.63) is 0 Å². The van der Waals surface area contributed by atoms with Crippen LogP contribution in [0.3, 0.4) is 0 Å². The summed E-state index contributed by atoms with van der Waals surface area (Å²) < 4.78 is 14.0. The monoisotopic (exact) mass is 181 g/mol. The van der Waals surface area contributed by atoms with E-state index in [1.807, 2.05) is 19.6 Å². The molecule has 0 radical (unpaired) electrons. The molecule has 4 heteroatoms. The van der Waals surface area contributed by atoms with Crippen molar-refractivity contribution in [1.29, 1.82) is 0 Å². The van der Waals surface area contributed by atoms with Crippen LogP contribution in [0.2, 0.25) is 19.6 Å². The fourth-order valence-corrected chi connectivity index (χ4v) is 0.669. The first kappa shape index (κ1) is 8.09. The molecule has 0 aromatic carbocycles. The number of hydrogen-bond donors (Lipinski definition) is 1. The molecule has 2 N–H and O–H groups in total. The topological polar surface area (TPSA) is 35.2 Å². The van der Waals surface area contributed by atoms with Gasteiger partial charge in [-0.2, -0.15) is 0 Å². The Morgan fingerprint density at radius 2 is 2.10 bits per heavy atom. The van der Waals surface area contributed by atoms with Crippen LogP contribution in [0.4, 0.5) is 0 Å². The fourth-order valence-electron chi connectivity index (χ4n) is 0.242. The van der Waals surface area contributed by atoms with Crippen LogP contribution in [0.5, 0.6) is 0 Å². The minimum atomic E-state index is -2.00. The Kier molecular flexibility index (Phi) is 4.65. The summed E-state index contributed by atoms with van der Waals surface area (Å²) in [6.45, 7) is 4.06. The molecule has 0 aromatic rings. The maximum atomic E-state index is 7.02. The van der Waals surface area contributed by atoms with E-state index in [-0.39, 0.29) is 12.4 Å². The molecule has 10 heavy (non-hydrogen) atoms. The van der Waals surface area contributed by atoms with Gasteiger partial charge in [0.1, 0.15) is 14.6 Å². The van der Waals surface area contributed by atoms with Crippen LogP contribution in [0.15, 0.2) is 0 Å². The number of rotatable bonds is 1. The van der Waals surface area contributed by atoms with Gasteiger partial charge in [0.05, 0.1) is 2.74 Å². The van der Waals surface area contributed by atoms with Gasteiger partial charge in [0.25, 0.3) is 0 Å². The van der Waals surface area contributed by atoms with E-state index in [0.29, 0.717) is 0 Å². The number of halogens is 1. The summed E-state index contributed by atoms with van der Waals surface area (Å²) in [5.74, 6) is 7.02. The van der Waals surface area contributed by atoms with Gasteiger partial charge in [-0.3, -0.25) is 4.84 Å². The van der Waals surface area contributed by atoms with Crippen LogP contribution >= 0.6 is 12.4 Å². The molecule has 0 amide bonds. The summed E-state index contributed by atoms with van der Waals surface area (Å²) in [5.41, 5.74) is 2.82. The van der Waals surface area contributed by atoms with Crippen LogP contribution in [0, 0.1) is 11.5 Å². The fraction of sp³-hybridized carbons (Fsp3) is 0.667. The Hall–Kier alpha value is -0.0131. The van der Waals surface area contributed by atoms with E-state index in [4.69, 9.17) is 2.74 Å². The number of nitrogens with two attached hydrogens (primary N) is 1. The SMILES string of the molecule is Cl.[2H]C([2H])(C#C[Si](C)(C)C)ON. The van der Waals surface area contributed by atoms with Gasteiger partial charge in [0.2, 0.25) is 0 Å². The predicted octanol–water partition coefficient (Wildman–Crippen LogP) is 1.18. The average Bonchev–Trinajstić information content (AvgIpc) is 1.83. The predicted molar refractivity (Wildman–Crippen MR) is 48.5 cm³/mol. The molecule has 0 rings (SSSR count). The minimum Gasteiger partial charge on any atom is -0.292 e. The second-order valence-corrected chi connectivity index (χ2v) is 7.47. The van der Waals surface area contributed by atoms with Gasteiger partial charge in [-0.05, 0) is 0 Å². The first-order valence-corrected chi connectivity index (χ1v) is 6.19. The maximum Gasteiger partial charge on any atom is 0.129 e. The lowest BCUT2D eigenvalue weighted by Gasteiger charge is -2.02. The van der Waals surface area contributed by atoms with Crippen molar-refractivity contribution in [2.75, 3.05) is 6.56 Å². The van der Waals surface area contributed by atoms with Crippen LogP contribution < -0.4 is 5.90 Å². The molecule has 0 saturated carbocycles. The van der Waals surface area contributed by atoms with E-state index in [1.165, 1.54) is 0 Å². The zero-order valence-corrected chi connectivity index (χ0v) is 8.21. The zero-order valence-electron chi connectivity index (χ0n) is 8.39. The summed E-state index contributed by atoms with van der Waals surface area (Å²) in [6, 6.07) is 0. The maximum absolute atomic E-state index is 7.02. The van der Waals surface area contributed by atoms with Crippen molar-refractivity contribution in [3.63, 3.8) is 0 Å². The lowest BCUT2D eigenvalue weighted by molar-refractivity contribution is 0.173. The summed E-state index contributed by atoms with van der Waals surface area (Å²) in [4.78, 5) is 4.01. The third kappa shape index (κ3) is 10.9. The Balaban J connectivity index is 0. The molecule has 0 aliphatic carbocycles. The molecular weight excluding hydrogens is 166 g/mol. The second kappa shape index (κ2) is 5.75. The van der Waals surface area contributed by atoms with E-state index in [9.17, 15) is 0 Å². The van der Waals surface area contributed by atoms with E-state index < -0.39 is 14.6 Å². The highest BCUT2D eigenvalue weighted by Gasteiger charge is 2.06. The smallest absolute Gasteiger partial charge is 0.129 e. The van der Waals surface area contributed by atoms with Gasteiger partial charge in [-0.15, -0.1) is 18.0 Å². The van der Waals surface area contributed by atoms with Gasteiger partial charge in [-0.1, -0.05) is 25.6 Å². The highest BCUT2D eigenvalue weighted by Crippen LogP contribution is 1.95. The molecule has 0 saturated heterocycles. The largest absolute Gasteiger partial charge is 0.292 e. The van der Waals surface area contributed by atoms with Crippen LogP contribution in [0.25, 0.3) is 0 Å². The normalized spacial score (nSPS) is 13.6. The Morgan fingerprint density at radius 1 is 1.60 bits per heavy atom. The molecular formula is C6H14ClNOSi.